The first-order chi connectivity index (χ1) is 13.8. The molecule has 3 aromatic rings. The molecule has 0 aliphatic heterocycles. The number of benzene rings is 1. The summed E-state index contributed by atoms with van der Waals surface area (Å²) in [6, 6.07) is 16.5. The van der Waals surface area contributed by atoms with Gasteiger partial charge in [0.2, 0.25) is 0 Å². The van der Waals surface area contributed by atoms with Crippen LogP contribution in [-0.4, -0.2) is 53.8 Å². The number of rotatable bonds is 9. The molecule has 0 fully saturated rings. The molecule has 2 aromatic heterocycles. The minimum Gasteiger partial charge on any atom is -0.372 e. The number of hydrogen-bond acceptors (Lipinski definition) is 4. The van der Waals surface area contributed by atoms with Crippen molar-refractivity contribution in [1.82, 2.24) is 25.2 Å². The number of nitrogens with zero attached hydrogens (tertiary/aromatic N) is 5. The van der Waals surface area contributed by atoms with Gasteiger partial charge in [-0.2, -0.15) is 0 Å². The van der Waals surface area contributed by atoms with Gasteiger partial charge in [0.05, 0.1) is 0 Å². The summed E-state index contributed by atoms with van der Waals surface area (Å²) in [7, 11) is 1.80. The minimum atomic E-state index is 0. The van der Waals surface area contributed by atoms with Crippen LogP contribution in [0.4, 0.5) is 5.69 Å². The lowest BCUT2D eigenvalue weighted by atomic mass is 10.2. The average molecular weight is 507 g/mol. The van der Waals surface area contributed by atoms with Crippen LogP contribution in [0.5, 0.6) is 0 Å². The second-order valence-corrected chi connectivity index (χ2v) is 6.49. The van der Waals surface area contributed by atoms with Crippen LogP contribution in [0.2, 0.25) is 0 Å². The molecule has 1 aromatic carbocycles. The third-order valence-corrected chi connectivity index (χ3v) is 4.65. The quantitative estimate of drug-likeness (QED) is 0.202. The van der Waals surface area contributed by atoms with Crippen molar-refractivity contribution in [2.45, 2.75) is 19.8 Å². The van der Waals surface area contributed by atoms with Crippen LogP contribution >= 0.6 is 24.0 Å². The zero-order chi connectivity index (χ0) is 19.6. The molecule has 0 radical (unpaired) electrons. The van der Waals surface area contributed by atoms with E-state index in [1.54, 1.807) is 7.05 Å². The van der Waals surface area contributed by atoms with E-state index in [2.05, 4.69) is 68.0 Å². The van der Waals surface area contributed by atoms with E-state index in [0.717, 1.165) is 56.5 Å². The van der Waals surface area contributed by atoms with Gasteiger partial charge in [-0.15, -0.1) is 34.2 Å². The van der Waals surface area contributed by atoms with Gasteiger partial charge in [0.1, 0.15) is 5.82 Å². The monoisotopic (exact) mass is 507 g/mol. The number of para-hydroxylation sites is 1. The summed E-state index contributed by atoms with van der Waals surface area (Å²) in [5.74, 6) is 1.76. The molecule has 2 heterocycles. The number of guanidine groups is 1. The third kappa shape index (κ3) is 6.59. The molecule has 0 spiro atoms. The largest absolute Gasteiger partial charge is 0.372 e. The van der Waals surface area contributed by atoms with Crippen molar-refractivity contribution in [3.05, 3.63) is 60.6 Å². The highest BCUT2D eigenvalue weighted by atomic mass is 127. The van der Waals surface area contributed by atoms with Crippen LogP contribution in [0.15, 0.2) is 59.7 Å². The summed E-state index contributed by atoms with van der Waals surface area (Å²) in [4.78, 5) is 6.69. The SMILES string of the molecule is CCN(CCCNC(=NC)NCCc1nnc2ccccn12)c1ccccc1.I. The zero-order valence-electron chi connectivity index (χ0n) is 17.1. The van der Waals surface area contributed by atoms with Gasteiger partial charge < -0.3 is 15.5 Å². The van der Waals surface area contributed by atoms with Crippen LogP contribution in [0.1, 0.15) is 19.2 Å². The molecule has 7 nitrogen and oxygen atoms in total. The molecule has 0 amide bonds. The molecule has 0 unspecified atom stereocenters. The van der Waals surface area contributed by atoms with Gasteiger partial charge in [-0.1, -0.05) is 24.3 Å². The van der Waals surface area contributed by atoms with Crippen LogP contribution in [-0.2, 0) is 6.42 Å². The Balaban J connectivity index is 0.00000300. The van der Waals surface area contributed by atoms with Crippen LogP contribution < -0.4 is 15.5 Å². The maximum absolute atomic E-state index is 4.30. The van der Waals surface area contributed by atoms with Crippen molar-refractivity contribution >= 4 is 41.3 Å². The predicted octanol–water partition coefficient (Wildman–Crippen LogP) is 2.97. The second kappa shape index (κ2) is 12.3. The molecule has 3 rings (SSSR count). The van der Waals surface area contributed by atoms with Crippen molar-refractivity contribution in [3.8, 4) is 0 Å². The molecule has 0 aliphatic rings. The molecule has 8 heteroatoms. The Labute approximate surface area is 189 Å². The van der Waals surface area contributed by atoms with E-state index in [4.69, 9.17) is 0 Å². The topological polar surface area (TPSA) is 69.8 Å². The molecule has 0 aliphatic carbocycles. The van der Waals surface area contributed by atoms with Gasteiger partial charge in [0.15, 0.2) is 11.6 Å². The first-order valence-electron chi connectivity index (χ1n) is 9.85. The highest BCUT2D eigenvalue weighted by Gasteiger charge is 2.06. The number of pyridine rings is 1. The van der Waals surface area contributed by atoms with Crippen molar-refractivity contribution in [2.24, 2.45) is 4.99 Å². The Kier molecular flexibility index (Phi) is 9.69. The molecule has 0 bridgehead atoms. The van der Waals surface area contributed by atoms with Gasteiger partial charge in [-0.05, 0) is 37.6 Å². The van der Waals surface area contributed by atoms with E-state index in [1.165, 1.54) is 5.69 Å². The summed E-state index contributed by atoms with van der Waals surface area (Å²) in [6.07, 6.45) is 3.81. The first kappa shape index (κ1) is 22.9. The summed E-state index contributed by atoms with van der Waals surface area (Å²) in [6.45, 7) is 5.83. The maximum atomic E-state index is 4.30. The Morgan fingerprint density at radius 2 is 1.79 bits per heavy atom. The predicted molar refractivity (Wildman–Crippen MR) is 130 cm³/mol. The lowest BCUT2D eigenvalue weighted by Crippen LogP contribution is -2.39. The van der Waals surface area contributed by atoms with Crippen molar-refractivity contribution < 1.29 is 0 Å². The number of fused-ring (bicyclic) bond motifs is 1. The molecule has 0 saturated carbocycles. The number of nitrogens with one attached hydrogen (secondary N) is 2. The van der Waals surface area contributed by atoms with Crippen molar-refractivity contribution in [3.63, 3.8) is 0 Å². The molecule has 156 valence electrons. The van der Waals surface area contributed by atoms with E-state index in [0.29, 0.717) is 0 Å². The van der Waals surface area contributed by atoms with Crippen LogP contribution in [0.25, 0.3) is 5.65 Å². The standard InChI is InChI=1S/C21H29N7.HI/c1-3-27(18-10-5-4-6-11-18)16-9-14-23-21(22-2)24-15-13-20-26-25-19-12-7-8-17-28(19)20;/h4-8,10-12,17H,3,9,13-16H2,1-2H3,(H2,22,23,24);1H. The highest BCUT2D eigenvalue weighted by Crippen LogP contribution is 2.12. The Hall–Kier alpha value is -2.36. The minimum absolute atomic E-state index is 0. The zero-order valence-corrected chi connectivity index (χ0v) is 19.4. The van der Waals surface area contributed by atoms with Crippen LogP contribution in [0, 0.1) is 0 Å². The Morgan fingerprint density at radius 1 is 1.03 bits per heavy atom. The average Bonchev–Trinajstić information content (AvgIpc) is 3.16. The molecule has 2 N–H and O–H groups in total. The fourth-order valence-electron chi connectivity index (χ4n) is 3.16. The maximum Gasteiger partial charge on any atom is 0.190 e. The lowest BCUT2D eigenvalue weighted by Gasteiger charge is -2.23. The number of hydrogen-bond donors (Lipinski definition) is 2. The molecule has 29 heavy (non-hydrogen) atoms. The molecular formula is C21H30IN7. The van der Waals surface area contributed by atoms with E-state index < -0.39 is 0 Å². The number of halogens is 1. The second-order valence-electron chi connectivity index (χ2n) is 6.49. The van der Waals surface area contributed by atoms with Gasteiger partial charge in [-0.3, -0.25) is 9.39 Å². The Morgan fingerprint density at radius 3 is 2.55 bits per heavy atom. The van der Waals surface area contributed by atoms with E-state index in [1.807, 2.05) is 28.8 Å². The van der Waals surface area contributed by atoms with Crippen LogP contribution in [0.3, 0.4) is 0 Å². The van der Waals surface area contributed by atoms with Crippen molar-refractivity contribution in [1.29, 1.82) is 0 Å². The Bertz CT molecular complexity index is 879. The normalized spacial score (nSPS) is 11.2. The van der Waals surface area contributed by atoms with Gasteiger partial charge in [-0.25, -0.2) is 0 Å². The van der Waals surface area contributed by atoms with E-state index in [9.17, 15) is 0 Å². The van der Waals surface area contributed by atoms with Crippen molar-refractivity contribution in [2.75, 3.05) is 38.1 Å². The fourth-order valence-corrected chi connectivity index (χ4v) is 3.16. The molecule has 0 atom stereocenters. The summed E-state index contributed by atoms with van der Waals surface area (Å²) in [5.41, 5.74) is 2.15. The van der Waals surface area contributed by atoms with Gasteiger partial charge in [0, 0.05) is 51.5 Å². The summed E-state index contributed by atoms with van der Waals surface area (Å²) in [5, 5.41) is 15.2. The number of aromatic nitrogens is 3. The first-order valence-corrected chi connectivity index (χ1v) is 9.85. The highest BCUT2D eigenvalue weighted by molar-refractivity contribution is 14.0. The molecular weight excluding hydrogens is 477 g/mol. The molecule has 0 saturated heterocycles. The number of aliphatic imine (C=N–C) groups is 1. The van der Waals surface area contributed by atoms with E-state index >= 15 is 0 Å². The summed E-state index contributed by atoms with van der Waals surface area (Å²) < 4.78 is 2.01. The van der Waals surface area contributed by atoms with Gasteiger partial charge in [0.25, 0.3) is 0 Å². The smallest absolute Gasteiger partial charge is 0.190 e. The van der Waals surface area contributed by atoms with E-state index in [-0.39, 0.29) is 24.0 Å². The number of anilines is 1. The lowest BCUT2D eigenvalue weighted by molar-refractivity contribution is 0.703. The third-order valence-electron chi connectivity index (χ3n) is 4.65. The fraction of sp³-hybridized carbons (Fsp3) is 0.381. The van der Waals surface area contributed by atoms with Gasteiger partial charge >= 0.3 is 0 Å². The summed E-state index contributed by atoms with van der Waals surface area (Å²) >= 11 is 0.